The van der Waals surface area contributed by atoms with E-state index in [1.54, 1.807) is 4.90 Å². The van der Waals surface area contributed by atoms with E-state index in [2.05, 4.69) is 38.5 Å². The average Bonchev–Trinajstić information content (AvgIpc) is 2.08. The van der Waals surface area contributed by atoms with Gasteiger partial charge in [-0.3, -0.25) is 4.90 Å². The fourth-order valence-electron chi connectivity index (χ4n) is 1.63. The molecule has 1 aliphatic rings. The molecule has 0 unspecified atom stereocenters. The van der Waals surface area contributed by atoms with Crippen molar-refractivity contribution in [2.45, 2.75) is 12.5 Å². The topological polar surface area (TPSA) is 3.24 Å². The molecular weight excluding hydrogens is 379 g/mol. The van der Waals surface area contributed by atoms with Gasteiger partial charge in [-0.05, 0) is 46.4 Å². The Morgan fingerprint density at radius 2 is 2.07 bits per heavy atom. The summed E-state index contributed by atoms with van der Waals surface area (Å²) in [6.45, 7) is 0.374. The lowest BCUT2D eigenvalue weighted by atomic mass is 10.1. The Labute approximate surface area is 109 Å². The second-order valence-corrected chi connectivity index (χ2v) is 5.81. The molecule has 1 aromatic rings. The number of likely N-dealkylation sites (tertiary alicyclic amines) is 1. The standard InChI is InChI=1S/C10H9BrF2IN/c11-8-1-2-9(14)7(3-8)4-15-5-10(12,13)6-15/h1-3H,4-6H2. The minimum Gasteiger partial charge on any atom is -0.287 e. The maximum absolute atomic E-state index is 12.6. The monoisotopic (exact) mass is 387 g/mol. The normalized spacial score (nSPS) is 20.0. The Morgan fingerprint density at radius 3 is 2.67 bits per heavy atom. The summed E-state index contributed by atoms with van der Waals surface area (Å²) in [5.41, 5.74) is 1.10. The van der Waals surface area contributed by atoms with Crippen LogP contribution in [0.2, 0.25) is 0 Å². The van der Waals surface area contributed by atoms with Crippen LogP contribution in [0, 0.1) is 3.57 Å². The zero-order valence-electron chi connectivity index (χ0n) is 7.81. The number of alkyl halides is 2. The smallest absolute Gasteiger partial charge is 0.272 e. The van der Waals surface area contributed by atoms with Gasteiger partial charge in [0, 0.05) is 14.6 Å². The first-order valence-corrected chi connectivity index (χ1v) is 6.38. The third-order valence-electron chi connectivity index (χ3n) is 2.31. The van der Waals surface area contributed by atoms with E-state index in [1.165, 1.54) is 0 Å². The highest BCUT2D eigenvalue weighted by molar-refractivity contribution is 14.1. The zero-order chi connectivity index (χ0) is 11.1. The van der Waals surface area contributed by atoms with Crippen molar-refractivity contribution in [2.75, 3.05) is 13.1 Å². The molecule has 0 spiro atoms. The molecule has 0 radical (unpaired) electrons. The molecule has 1 aromatic carbocycles. The lowest BCUT2D eigenvalue weighted by molar-refractivity contribution is -0.133. The first kappa shape index (κ1) is 11.7. The van der Waals surface area contributed by atoms with Crippen molar-refractivity contribution in [1.82, 2.24) is 4.90 Å². The van der Waals surface area contributed by atoms with Crippen molar-refractivity contribution in [3.05, 3.63) is 31.8 Å². The third kappa shape index (κ3) is 2.88. The summed E-state index contributed by atoms with van der Waals surface area (Å²) < 4.78 is 27.3. The van der Waals surface area contributed by atoms with Crippen molar-refractivity contribution in [1.29, 1.82) is 0 Å². The van der Waals surface area contributed by atoms with E-state index in [-0.39, 0.29) is 13.1 Å². The summed E-state index contributed by atoms with van der Waals surface area (Å²) in [6, 6.07) is 5.92. The number of halogens is 4. The van der Waals surface area contributed by atoms with E-state index >= 15 is 0 Å². The van der Waals surface area contributed by atoms with Gasteiger partial charge in [0.1, 0.15) is 0 Å². The van der Waals surface area contributed by atoms with Crippen molar-refractivity contribution in [2.24, 2.45) is 0 Å². The molecule has 5 heteroatoms. The lowest BCUT2D eigenvalue weighted by Gasteiger charge is -2.38. The van der Waals surface area contributed by atoms with E-state index in [9.17, 15) is 8.78 Å². The van der Waals surface area contributed by atoms with Crippen molar-refractivity contribution in [3.63, 3.8) is 0 Å². The summed E-state index contributed by atoms with van der Waals surface area (Å²) in [4.78, 5) is 1.75. The van der Waals surface area contributed by atoms with Gasteiger partial charge >= 0.3 is 0 Å². The number of hydrogen-bond acceptors (Lipinski definition) is 1. The van der Waals surface area contributed by atoms with Gasteiger partial charge in [0.05, 0.1) is 13.1 Å². The highest BCUT2D eigenvalue weighted by atomic mass is 127. The molecule has 0 bridgehead atoms. The minimum absolute atomic E-state index is 0.115. The first-order valence-electron chi connectivity index (χ1n) is 4.50. The first-order chi connectivity index (χ1) is 6.96. The van der Waals surface area contributed by atoms with Crippen LogP contribution in [0.5, 0.6) is 0 Å². The largest absolute Gasteiger partial charge is 0.287 e. The van der Waals surface area contributed by atoms with Gasteiger partial charge in [0.15, 0.2) is 0 Å². The molecule has 0 amide bonds. The van der Waals surface area contributed by atoms with Crippen LogP contribution in [0.4, 0.5) is 8.78 Å². The SMILES string of the molecule is FC1(F)CN(Cc2cc(Br)ccc2I)C1. The second-order valence-electron chi connectivity index (χ2n) is 3.74. The summed E-state index contributed by atoms with van der Waals surface area (Å²) in [5.74, 6) is -2.47. The molecule has 1 aliphatic heterocycles. The molecule has 1 saturated heterocycles. The van der Waals surface area contributed by atoms with Crippen molar-refractivity contribution in [3.8, 4) is 0 Å². The highest BCUT2D eigenvalue weighted by Gasteiger charge is 2.43. The molecule has 0 aliphatic carbocycles. The molecule has 1 heterocycles. The van der Waals surface area contributed by atoms with E-state index in [1.807, 2.05) is 18.2 Å². The van der Waals surface area contributed by atoms with Gasteiger partial charge in [0.2, 0.25) is 0 Å². The summed E-state index contributed by atoms with van der Waals surface area (Å²) in [5, 5.41) is 0. The molecular formula is C10H9BrF2IN. The van der Waals surface area contributed by atoms with Crippen LogP contribution in [0.25, 0.3) is 0 Å². The van der Waals surface area contributed by atoms with Crippen LogP contribution in [0.15, 0.2) is 22.7 Å². The Morgan fingerprint density at radius 1 is 1.40 bits per heavy atom. The molecule has 1 nitrogen and oxygen atoms in total. The third-order valence-corrected chi connectivity index (χ3v) is 3.86. The van der Waals surface area contributed by atoms with Gasteiger partial charge < -0.3 is 0 Å². The Kier molecular flexibility index (Phi) is 3.33. The molecule has 0 atom stereocenters. The molecule has 15 heavy (non-hydrogen) atoms. The molecule has 0 N–H and O–H groups in total. The fourth-order valence-corrected chi connectivity index (χ4v) is 2.54. The fraction of sp³-hybridized carbons (Fsp3) is 0.400. The molecule has 0 aromatic heterocycles. The number of hydrogen-bond donors (Lipinski definition) is 0. The number of nitrogens with zero attached hydrogens (tertiary/aromatic N) is 1. The van der Waals surface area contributed by atoms with Crippen molar-refractivity contribution >= 4 is 38.5 Å². The average molecular weight is 388 g/mol. The zero-order valence-corrected chi connectivity index (χ0v) is 11.6. The van der Waals surface area contributed by atoms with E-state index < -0.39 is 5.92 Å². The molecule has 0 saturated carbocycles. The van der Waals surface area contributed by atoms with E-state index in [0.717, 1.165) is 13.6 Å². The van der Waals surface area contributed by atoms with E-state index in [0.29, 0.717) is 6.54 Å². The van der Waals surface area contributed by atoms with Crippen LogP contribution in [-0.2, 0) is 6.54 Å². The second kappa shape index (κ2) is 4.25. The van der Waals surface area contributed by atoms with Crippen LogP contribution in [0.3, 0.4) is 0 Å². The molecule has 2 rings (SSSR count). The van der Waals surface area contributed by atoms with Gasteiger partial charge in [0.25, 0.3) is 5.92 Å². The van der Waals surface area contributed by atoms with E-state index in [4.69, 9.17) is 0 Å². The van der Waals surface area contributed by atoms with Gasteiger partial charge in [-0.15, -0.1) is 0 Å². The van der Waals surface area contributed by atoms with Gasteiger partial charge in [-0.1, -0.05) is 15.9 Å². The quantitative estimate of drug-likeness (QED) is 0.702. The molecule has 1 fully saturated rings. The predicted molar refractivity (Wildman–Crippen MR) is 67.1 cm³/mol. The lowest BCUT2D eigenvalue weighted by Crippen LogP contribution is -2.55. The highest BCUT2D eigenvalue weighted by Crippen LogP contribution is 2.29. The Bertz CT molecular complexity index is 376. The van der Waals surface area contributed by atoms with Gasteiger partial charge in [-0.25, -0.2) is 8.78 Å². The maximum atomic E-state index is 12.6. The van der Waals surface area contributed by atoms with Crippen LogP contribution in [-0.4, -0.2) is 23.9 Å². The number of rotatable bonds is 2. The predicted octanol–water partition coefficient (Wildman–Crippen LogP) is 3.50. The van der Waals surface area contributed by atoms with Crippen LogP contribution in [0.1, 0.15) is 5.56 Å². The van der Waals surface area contributed by atoms with Crippen LogP contribution < -0.4 is 0 Å². The summed E-state index contributed by atoms with van der Waals surface area (Å²) in [6.07, 6.45) is 0. The summed E-state index contributed by atoms with van der Waals surface area (Å²) >= 11 is 5.60. The van der Waals surface area contributed by atoms with Crippen LogP contribution >= 0.6 is 38.5 Å². The Balaban J connectivity index is 2.03. The minimum atomic E-state index is -2.47. The summed E-state index contributed by atoms with van der Waals surface area (Å²) in [7, 11) is 0. The van der Waals surface area contributed by atoms with Crippen molar-refractivity contribution < 1.29 is 8.78 Å². The Hall–Kier alpha value is 0.250. The molecule has 82 valence electrons. The van der Waals surface area contributed by atoms with Gasteiger partial charge in [-0.2, -0.15) is 0 Å². The maximum Gasteiger partial charge on any atom is 0.272 e. The number of benzene rings is 1.